The first-order chi connectivity index (χ1) is 14.8. The number of carbonyl (C=O) groups is 2. The zero-order valence-corrected chi connectivity index (χ0v) is 18.6. The Morgan fingerprint density at radius 2 is 1.48 bits per heavy atom. The van der Waals surface area contributed by atoms with Crippen molar-refractivity contribution < 1.29 is 9.59 Å². The van der Waals surface area contributed by atoms with Crippen LogP contribution in [0.25, 0.3) is 11.3 Å². The van der Waals surface area contributed by atoms with Gasteiger partial charge in [-0.15, -0.1) is 0 Å². The van der Waals surface area contributed by atoms with Crippen molar-refractivity contribution in [3.8, 4) is 11.3 Å². The first-order valence-corrected chi connectivity index (χ1v) is 10.6. The van der Waals surface area contributed by atoms with Crippen LogP contribution in [0.2, 0.25) is 0 Å². The summed E-state index contributed by atoms with van der Waals surface area (Å²) in [7, 11) is 0. The summed E-state index contributed by atoms with van der Waals surface area (Å²) < 4.78 is 1.80. The Hall–Kier alpha value is -3.41. The minimum atomic E-state index is -0.204. The quantitative estimate of drug-likeness (QED) is 0.548. The molecule has 2 N–H and O–H groups in total. The molecule has 0 aliphatic heterocycles. The van der Waals surface area contributed by atoms with Crippen LogP contribution in [-0.2, 0) is 11.3 Å². The van der Waals surface area contributed by atoms with Gasteiger partial charge in [-0.05, 0) is 19.4 Å². The topological polar surface area (TPSA) is 76.0 Å². The number of aromatic nitrogens is 2. The van der Waals surface area contributed by atoms with Gasteiger partial charge in [0.25, 0.3) is 5.91 Å². The van der Waals surface area contributed by atoms with Gasteiger partial charge >= 0.3 is 0 Å². The summed E-state index contributed by atoms with van der Waals surface area (Å²) in [5.74, 6) is -0.311. The molecule has 0 radical (unpaired) electrons. The first kappa shape index (κ1) is 22.3. The third-order valence-corrected chi connectivity index (χ3v) is 5.03. The van der Waals surface area contributed by atoms with Crippen molar-refractivity contribution in [2.45, 2.75) is 34.2 Å². The lowest BCUT2D eigenvalue weighted by atomic mass is 10.1. The predicted molar refractivity (Wildman–Crippen MR) is 123 cm³/mol. The van der Waals surface area contributed by atoms with E-state index in [-0.39, 0.29) is 17.7 Å². The Morgan fingerprint density at radius 1 is 0.903 bits per heavy atom. The number of aryl methyl sites for hydroxylation is 2. The lowest BCUT2D eigenvalue weighted by Gasteiger charge is -2.09. The van der Waals surface area contributed by atoms with E-state index in [1.165, 1.54) is 5.56 Å². The molecule has 3 rings (SSSR count). The summed E-state index contributed by atoms with van der Waals surface area (Å²) in [5.41, 5.74) is 5.53. The van der Waals surface area contributed by atoms with Gasteiger partial charge in [0, 0.05) is 30.8 Å². The Kier molecular flexibility index (Phi) is 7.23. The van der Waals surface area contributed by atoms with Gasteiger partial charge in [0.2, 0.25) is 5.91 Å². The summed E-state index contributed by atoms with van der Waals surface area (Å²) in [4.78, 5) is 24.6. The smallest absolute Gasteiger partial charge is 0.255 e. The van der Waals surface area contributed by atoms with Crippen molar-refractivity contribution in [2.75, 3.05) is 13.1 Å². The summed E-state index contributed by atoms with van der Waals surface area (Å²) in [6.45, 7) is 9.08. The molecule has 0 unspecified atom stereocenters. The van der Waals surface area contributed by atoms with E-state index in [2.05, 4.69) is 41.8 Å². The largest absolute Gasteiger partial charge is 0.354 e. The van der Waals surface area contributed by atoms with Crippen molar-refractivity contribution in [1.82, 2.24) is 20.4 Å². The summed E-state index contributed by atoms with van der Waals surface area (Å²) >= 11 is 0. The monoisotopic (exact) mass is 418 g/mol. The number of benzene rings is 2. The van der Waals surface area contributed by atoms with E-state index in [1.54, 1.807) is 10.9 Å². The number of carbonyl (C=O) groups excluding carboxylic acids is 2. The van der Waals surface area contributed by atoms with E-state index in [9.17, 15) is 9.59 Å². The van der Waals surface area contributed by atoms with Crippen molar-refractivity contribution >= 4 is 11.8 Å². The average Bonchev–Trinajstić information content (AvgIpc) is 3.17. The molecule has 3 aromatic rings. The van der Waals surface area contributed by atoms with Crippen LogP contribution in [-0.4, -0.2) is 34.7 Å². The first-order valence-electron chi connectivity index (χ1n) is 10.6. The summed E-state index contributed by atoms with van der Waals surface area (Å²) in [6.07, 6.45) is 1.79. The van der Waals surface area contributed by atoms with Crippen LogP contribution in [0, 0.1) is 19.8 Å². The highest BCUT2D eigenvalue weighted by atomic mass is 16.2. The molecule has 0 bridgehead atoms. The number of nitrogens with zero attached hydrogens (tertiary/aromatic N) is 2. The molecular weight excluding hydrogens is 388 g/mol. The van der Waals surface area contributed by atoms with E-state index in [0.29, 0.717) is 30.9 Å². The normalized spacial score (nSPS) is 10.9. The number of hydrogen-bond donors (Lipinski definition) is 2. The second-order valence-corrected chi connectivity index (χ2v) is 8.14. The van der Waals surface area contributed by atoms with Crippen molar-refractivity contribution in [1.29, 1.82) is 0 Å². The molecule has 1 heterocycles. The predicted octanol–water partition coefficient (Wildman–Crippen LogP) is 3.72. The molecule has 0 aliphatic rings. The molecule has 6 heteroatoms. The third kappa shape index (κ3) is 6.04. The summed E-state index contributed by atoms with van der Waals surface area (Å²) in [6, 6.07) is 16.3. The SMILES string of the molecule is Cc1ccc(Cn2cc(C(=O)NCCNC(=O)C(C)C)c(-c3ccc(C)cc3)n2)cc1. The van der Waals surface area contributed by atoms with Crippen molar-refractivity contribution in [2.24, 2.45) is 5.92 Å². The van der Waals surface area contributed by atoms with Crippen LogP contribution in [0.5, 0.6) is 0 Å². The molecule has 0 saturated heterocycles. The molecule has 1 aromatic heterocycles. The van der Waals surface area contributed by atoms with Gasteiger partial charge in [0.1, 0.15) is 5.69 Å². The highest BCUT2D eigenvalue weighted by Gasteiger charge is 2.18. The fraction of sp³-hybridized carbons (Fsp3) is 0.320. The maximum absolute atomic E-state index is 12.9. The Bertz CT molecular complexity index is 1030. The Balaban J connectivity index is 1.78. The molecule has 0 fully saturated rings. The van der Waals surface area contributed by atoms with Crippen molar-refractivity contribution in [3.05, 3.63) is 77.0 Å². The maximum Gasteiger partial charge on any atom is 0.255 e. The molecule has 0 spiro atoms. The molecule has 0 saturated carbocycles. The number of hydrogen-bond acceptors (Lipinski definition) is 3. The minimum absolute atomic E-state index is 0.0273. The van der Waals surface area contributed by atoms with Gasteiger partial charge in [-0.3, -0.25) is 14.3 Å². The fourth-order valence-electron chi connectivity index (χ4n) is 3.13. The fourth-order valence-corrected chi connectivity index (χ4v) is 3.13. The van der Waals surface area contributed by atoms with Gasteiger partial charge in [-0.1, -0.05) is 73.5 Å². The average molecular weight is 419 g/mol. The van der Waals surface area contributed by atoms with Gasteiger partial charge in [-0.25, -0.2) is 0 Å². The second kappa shape index (κ2) is 10.1. The number of amides is 2. The molecule has 2 amide bonds. The minimum Gasteiger partial charge on any atom is -0.354 e. The van der Waals surface area contributed by atoms with E-state index in [4.69, 9.17) is 5.10 Å². The van der Waals surface area contributed by atoms with Crippen LogP contribution in [0.15, 0.2) is 54.7 Å². The Labute approximate surface area is 183 Å². The van der Waals surface area contributed by atoms with Gasteiger partial charge in [0.05, 0.1) is 12.1 Å². The molecule has 31 heavy (non-hydrogen) atoms. The third-order valence-electron chi connectivity index (χ3n) is 5.03. The molecule has 162 valence electrons. The van der Waals surface area contributed by atoms with Gasteiger partial charge in [0.15, 0.2) is 0 Å². The van der Waals surface area contributed by atoms with Crippen molar-refractivity contribution in [3.63, 3.8) is 0 Å². The van der Waals surface area contributed by atoms with Crippen LogP contribution in [0.4, 0.5) is 0 Å². The summed E-state index contributed by atoms with van der Waals surface area (Å²) in [5, 5.41) is 10.4. The number of rotatable bonds is 8. The van der Waals surface area contributed by atoms with Crippen LogP contribution in [0.3, 0.4) is 0 Å². The van der Waals surface area contributed by atoms with Gasteiger partial charge in [-0.2, -0.15) is 5.10 Å². The standard InChI is InChI=1S/C25H30N4O2/c1-17(2)24(30)26-13-14-27-25(31)22-16-29(15-20-9-5-18(3)6-10-20)28-23(22)21-11-7-19(4)8-12-21/h5-12,16-17H,13-15H2,1-4H3,(H,26,30)(H,27,31). The molecule has 0 aliphatic carbocycles. The van der Waals surface area contributed by atoms with Crippen LogP contribution < -0.4 is 10.6 Å². The lowest BCUT2D eigenvalue weighted by Crippen LogP contribution is -2.36. The van der Waals surface area contributed by atoms with E-state index >= 15 is 0 Å². The molecular formula is C25H30N4O2. The van der Waals surface area contributed by atoms with E-state index in [1.807, 2.05) is 45.0 Å². The van der Waals surface area contributed by atoms with E-state index < -0.39 is 0 Å². The van der Waals surface area contributed by atoms with Crippen LogP contribution >= 0.6 is 0 Å². The lowest BCUT2D eigenvalue weighted by molar-refractivity contribution is -0.123. The van der Waals surface area contributed by atoms with Gasteiger partial charge < -0.3 is 10.6 Å². The Morgan fingerprint density at radius 3 is 2.10 bits per heavy atom. The maximum atomic E-state index is 12.9. The van der Waals surface area contributed by atoms with Crippen LogP contribution in [0.1, 0.15) is 40.9 Å². The highest BCUT2D eigenvalue weighted by molar-refractivity contribution is 5.99. The molecule has 0 atom stereocenters. The molecule has 2 aromatic carbocycles. The zero-order valence-electron chi connectivity index (χ0n) is 18.6. The second-order valence-electron chi connectivity index (χ2n) is 8.14. The molecule has 6 nitrogen and oxygen atoms in total. The zero-order chi connectivity index (χ0) is 22.4. The highest BCUT2D eigenvalue weighted by Crippen LogP contribution is 2.23. The number of nitrogens with one attached hydrogen (secondary N) is 2. The van der Waals surface area contributed by atoms with E-state index in [0.717, 1.165) is 16.7 Å².